The number of halogens is 1. The van der Waals surface area contributed by atoms with Gasteiger partial charge in [-0.15, -0.1) is 11.3 Å². The van der Waals surface area contributed by atoms with Crippen molar-refractivity contribution >= 4 is 33.2 Å². The van der Waals surface area contributed by atoms with Crippen LogP contribution in [0.3, 0.4) is 0 Å². The van der Waals surface area contributed by atoms with Gasteiger partial charge in [0.05, 0.1) is 4.88 Å². The second-order valence-corrected chi connectivity index (χ2v) is 6.75. The number of amides is 2. The number of carbonyl (C=O) groups excluding carboxylic acids is 2. The number of primary amides is 1. The highest BCUT2D eigenvalue weighted by Gasteiger charge is 2.25. The lowest BCUT2D eigenvalue weighted by Crippen LogP contribution is -2.39. The predicted molar refractivity (Wildman–Crippen MR) is 84.2 cm³/mol. The molecule has 0 aliphatic carbocycles. The molecule has 2 aromatic rings. The first-order valence-electron chi connectivity index (χ1n) is 7.30. The highest BCUT2D eigenvalue weighted by atomic mass is 32.1. The van der Waals surface area contributed by atoms with E-state index in [1.807, 2.05) is 6.07 Å². The number of piperidine rings is 1. The number of hydrogen-bond donors (Lipinski definition) is 1. The highest BCUT2D eigenvalue weighted by molar-refractivity contribution is 7.20. The first-order valence-corrected chi connectivity index (χ1v) is 8.12. The molecule has 4 nitrogen and oxygen atoms in total. The average Bonchev–Trinajstić information content (AvgIpc) is 2.92. The van der Waals surface area contributed by atoms with Crippen LogP contribution in [0, 0.1) is 11.7 Å². The molecule has 116 valence electrons. The summed E-state index contributed by atoms with van der Waals surface area (Å²) in [4.78, 5) is 25.8. The maximum absolute atomic E-state index is 13.7. The summed E-state index contributed by atoms with van der Waals surface area (Å²) in [5.41, 5.74) is 5.21. The van der Waals surface area contributed by atoms with E-state index in [9.17, 15) is 14.0 Å². The van der Waals surface area contributed by atoms with Gasteiger partial charge in [-0.1, -0.05) is 6.07 Å². The zero-order chi connectivity index (χ0) is 15.7. The van der Waals surface area contributed by atoms with E-state index < -0.39 is 0 Å². The van der Waals surface area contributed by atoms with Crippen LogP contribution in [0.15, 0.2) is 24.3 Å². The number of hydrogen-bond acceptors (Lipinski definition) is 3. The van der Waals surface area contributed by atoms with Crippen molar-refractivity contribution in [1.29, 1.82) is 0 Å². The molecule has 1 aromatic carbocycles. The maximum Gasteiger partial charge on any atom is 0.263 e. The van der Waals surface area contributed by atoms with Gasteiger partial charge in [0, 0.05) is 29.6 Å². The van der Waals surface area contributed by atoms with Gasteiger partial charge in [-0.05, 0) is 37.0 Å². The number of thiophene rings is 1. The largest absolute Gasteiger partial charge is 0.370 e. The van der Waals surface area contributed by atoms with E-state index in [4.69, 9.17) is 5.73 Å². The molecule has 0 bridgehead atoms. The van der Waals surface area contributed by atoms with E-state index in [1.54, 1.807) is 17.0 Å². The van der Waals surface area contributed by atoms with Crippen LogP contribution in [0.1, 0.15) is 28.9 Å². The molecule has 2 heterocycles. The second kappa shape index (κ2) is 6.04. The molecule has 1 fully saturated rings. The molecule has 1 saturated heterocycles. The minimum absolute atomic E-state index is 0.0573. The fourth-order valence-corrected chi connectivity index (χ4v) is 3.95. The number of rotatable bonds is 3. The third-order valence-electron chi connectivity index (χ3n) is 4.11. The lowest BCUT2D eigenvalue weighted by atomic mass is 9.93. The van der Waals surface area contributed by atoms with Crippen LogP contribution in [0.4, 0.5) is 4.39 Å². The number of carbonyl (C=O) groups is 2. The van der Waals surface area contributed by atoms with Gasteiger partial charge in [0.15, 0.2) is 0 Å². The van der Waals surface area contributed by atoms with Gasteiger partial charge in [-0.25, -0.2) is 4.39 Å². The van der Waals surface area contributed by atoms with Gasteiger partial charge < -0.3 is 10.6 Å². The van der Waals surface area contributed by atoms with E-state index in [0.717, 1.165) is 17.5 Å². The Balaban J connectivity index is 1.71. The molecule has 6 heteroatoms. The normalized spacial score (nSPS) is 16.1. The monoisotopic (exact) mass is 320 g/mol. The lowest BCUT2D eigenvalue weighted by molar-refractivity contribution is -0.119. The standard InChI is InChI=1S/C16H17FN2O2S/c17-12-2-1-3-13-11(12)9-14(22-13)16(21)19-6-4-10(5-7-19)8-15(18)20/h1-3,9-10H,4-8H2,(H2,18,20). The molecule has 2 amide bonds. The molecular formula is C16H17FN2O2S. The molecular weight excluding hydrogens is 303 g/mol. The molecule has 1 aromatic heterocycles. The third kappa shape index (κ3) is 2.97. The molecule has 2 N–H and O–H groups in total. The summed E-state index contributed by atoms with van der Waals surface area (Å²) in [5, 5.41) is 0.500. The zero-order valence-electron chi connectivity index (χ0n) is 12.0. The molecule has 0 unspecified atom stereocenters. The summed E-state index contributed by atoms with van der Waals surface area (Å²) in [6, 6.07) is 6.50. The smallest absolute Gasteiger partial charge is 0.263 e. The van der Waals surface area contributed by atoms with Crippen molar-refractivity contribution < 1.29 is 14.0 Å². The zero-order valence-corrected chi connectivity index (χ0v) is 12.9. The van der Waals surface area contributed by atoms with Crippen molar-refractivity contribution in [2.24, 2.45) is 11.7 Å². The van der Waals surface area contributed by atoms with Crippen LogP contribution in [-0.2, 0) is 4.79 Å². The van der Waals surface area contributed by atoms with E-state index in [-0.39, 0.29) is 23.5 Å². The third-order valence-corrected chi connectivity index (χ3v) is 5.20. The first kappa shape index (κ1) is 15.0. The number of nitrogens with zero attached hydrogens (tertiary/aromatic N) is 1. The van der Waals surface area contributed by atoms with Crippen molar-refractivity contribution in [3.05, 3.63) is 35.0 Å². The van der Waals surface area contributed by atoms with Crippen LogP contribution < -0.4 is 5.73 Å². The highest BCUT2D eigenvalue weighted by Crippen LogP contribution is 2.30. The molecule has 0 saturated carbocycles. The minimum Gasteiger partial charge on any atom is -0.370 e. The molecule has 3 rings (SSSR count). The van der Waals surface area contributed by atoms with Crippen molar-refractivity contribution in [2.45, 2.75) is 19.3 Å². The Morgan fingerprint density at radius 1 is 1.32 bits per heavy atom. The van der Waals surface area contributed by atoms with Gasteiger partial charge in [0.25, 0.3) is 5.91 Å². The number of nitrogens with two attached hydrogens (primary N) is 1. The number of benzene rings is 1. The minimum atomic E-state index is -0.298. The maximum atomic E-state index is 13.7. The lowest BCUT2D eigenvalue weighted by Gasteiger charge is -2.31. The van der Waals surface area contributed by atoms with Crippen LogP contribution in [0.25, 0.3) is 10.1 Å². The Bertz CT molecular complexity index is 720. The van der Waals surface area contributed by atoms with Crippen molar-refractivity contribution in [2.75, 3.05) is 13.1 Å². The van der Waals surface area contributed by atoms with Crippen LogP contribution in [-0.4, -0.2) is 29.8 Å². The number of likely N-dealkylation sites (tertiary alicyclic amines) is 1. The molecule has 0 radical (unpaired) electrons. The van der Waals surface area contributed by atoms with E-state index in [2.05, 4.69) is 0 Å². The number of fused-ring (bicyclic) bond motifs is 1. The predicted octanol–water partition coefficient (Wildman–Crippen LogP) is 2.77. The molecule has 1 aliphatic heterocycles. The quantitative estimate of drug-likeness (QED) is 0.945. The van der Waals surface area contributed by atoms with Gasteiger partial charge >= 0.3 is 0 Å². The average molecular weight is 320 g/mol. The van der Waals surface area contributed by atoms with E-state index in [1.165, 1.54) is 17.4 Å². The fourth-order valence-electron chi connectivity index (χ4n) is 2.91. The second-order valence-electron chi connectivity index (χ2n) is 5.67. The van der Waals surface area contributed by atoms with Gasteiger partial charge in [0.2, 0.25) is 5.91 Å². The van der Waals surface area contributed by atoms with Crippen molar-refractivity contribution in [1.82, 2.24) is 4.90 Å². The Morgan fingerprint density at radius 2 is 2.05 bits per heavy atom. The summed E-state index contributed by atoms with van der Waals surface area (Å²) in [6.07, 6.45) is 1.96. The summed E-state index contributed by atoms with van der Waals surface area (Å²) >= 11 is 1.32. The van der Waals surface area contributed by atoms with E-state index in [0.29, 0.717) is 29.8 Å². The van der Waals surface area contributed by atoms with Gasteiger partial charge in [-0.2, -0.15) is 0 Å². The summed E-state index contributed by atoms with van der Waals surface area (Å²) < 4.78 is 14.5. The Hall–Kier alpha value is -1.95. The Morgan fingerprint density at radius 3 is 2.68 bits per heavy atom. The Kier molecular flexibility index (Phi) is 4.11. The molecule has 0 atom stereocenters. The van der Waals surface area contributed by atoms with Crippen LogP contribution >= 0.6 is 11.3 Å². The summed E-state index contributed by atoms with van der Waals surface area (Å²) in [7, 11) is 0. The SMILES string of the molecule is NC(=O)CC1CCN(C(=O)c2cc3c(F)cccc3s2)CC1. The topological polar surface area (TPSA) is 63.4 Å². The fraction of sp³-hybridized carbons (Fsp3) is 0.375. The van der Waals surface area contributed by atoms with Crippen molar-refractivity contribution in [3.63, 3.8) is 0 Å². The van der Waals surface area contributed by atoms with Crippen molar-refractivity contribution in [3.8, 4) is 0 Å². The van der Waals surface area contributed by atoms with Gasteiger partial charge in [-0.3, -0.25) is 9.59 Å². The molecule has 22 heavy (non-hydrogen) atoms. The molecule has 0 spiro atoms. The summed E-state index contributed by atoms with van der Waals surface area (Å²) in [5.74, 6) is -0.378. The van der Waals surface area contributed by atoms with Crippen LogP contribution in [0.5, 0.6) is 0 Å². The van der Waals surface area contributed by atoms with Crippen LogP contribution in [0.2, 0.25) is 0 Å². The van der Waals surface area contributed by atoms with E-state index >= 15 is 0 Å². The summed E-state index contributed by atoms with van der Waals surface area (Å²) in [6.45, 7) is 1.24. The first-order chi connectivity index (χ1) is 10.5. The Labute approximate surface area is 131 Å². The van der Waals surface area contributed by atoms with Gasteiger partial charge in [0.1, 0.15) is 5.82 Å². The molecule has 1 aliphatic rings.